The van der Waals surface area contributed by atoms with E-state index >= 15 is 0 Å². The molecule has 0 spiro atoms. The Labute approximate surface area is 88.3 Å². The Kier molecular flexibility index (Phi) is 2.82. The highest BCUT2D eigenvalue weighted by molar-refractivity contribution is 6.01. The zero-order valence-corrected chi connectivity index (χ0v) is 8.24. The molecule has 76 valence electrons. The minimum absolute atomic E-state index is 0.326. The van der Waals surface area contributed by atoms with E-state index in [1.165, 1.54) is 0 Å². The van der Waals surface area contributed by atoms with Gasteiger partial charge in [-0.05, 0) is 12.8 Å². The molecule has 1 aromatic rings. The third-order valence-electron chi connectivity index (χ3n) is 2.28. The van der Waals surface area contributed by atoms with Gasteiger partial charge in [0.05, 0.1) is 0 Å². The van der Waals surface area contributed by atoms with Crippen molar-refractivity contribution in [2.24, 2.45) is 5.92 Å². The van der Waals surface area contributed by atoms with Crippen molar-refractivity contribution >= 4 is 5.78 Å². The minimum atomic E-state index is -1.67. The van der Waals surface area contributed by atoms with Crippen LogP contribution in [0.25, 0.3) is 0 Å². The van der Waals surface area contributed by atoms with Gasteiger partial charge in [-0.2, -0.15) is 0 Å². The van der Waals surface area contributed by atoms with Crippen molar-refractivity contribution in [1.82, 2.24) is 0 Å². The number of carbonyl (C=O) groups excluding carboxylic acids is 1. The van der Waals surface area contributed by atoms with Crippen LogP contribution in [-0.2, 0) is 0 Å². The van der Waals surface area contributed by atoms with E-state index in [-0.39, 0.29) is 0 Å². The summed E-state index contributed by atoms with van der Waals surface area (Å²) in [5, 5.41) is 0. The second-order valence-electron chi connectivity index (χ2n) is 3.66. The third kappa shape index (κ3) is 2.66. The lowest BCUT2D eigenvalue weighted by atomic mass is 10.1. The van der Waals surface area contributed by atoms with Gasteiger partial charge in [0.25, 0.3) is 0 Å². The van der Waals surface area contributed by atoms with Gasteiger partial charge in [0, 0.05) is 11.5 Å². The van der Waals surface area contributed by atoms with Crippen molar-refractivity contribution in [3.8, 4) is 11.8 Å². The summed E-state index contributed by atoms with van der Waals surface area (Å²) < 4.78 is 13.3. The highest BCUT2D eigenvalue weighted by atomic mass is 19.1. The highest BCUT2D eigenvalue weighted by Crippen LogP contribution is 2.27. The van der Waals surface area contributed by atoms with Crippen LogP contribution in [0.2, 0.25) is 0 Å². The Bertz CT molecular complexity index is 409. The normalized spacial score (nSPS) is 16.3. The van der Waals surface area contributed by atoms with Crippen molar-refractivity contribution < 1.29 is 9.18 Å². The van der Waals surface area contributed by atoms with Crippen LogP contribution in [-0.4, -0.2) is 12.0 Å². The van der Waals surface area contributed by atoms with E-state index in [4.69, 9.17) is 0 Å². The molecule has 0 radical (unpaired) electrons. The van der Waals surface area contributed by atoms with Gasteiger partial charge in [-0.25, -0.2) is 4.39 Å². The SMILES string of the molecule is O=C(c1ccccc1)C(F)C#CC1CC1. The van der Waals surface area contributed by atoms with Gasteiger partial charge < -0.3 is 0 Å². The van der Waals surface area contributed by atoms with E-state index in [9.17, 15) is 9.18 Å². The van der Waals surface area contributed by atoms with Crippen LogP contribution in [0, 0.1) is 17.8 Å². The number of hydrogen-bond donors (Lipinski definition) is 0. The van der Waals surface area contributed by atoms with E-state index in [0.717, 1.165) is 12.8 Å². The first kappa shape index (κ1) is 9.92. The number of Topliss-reactive ketones (excluding diaryl/α,β-unsaturated/α-hetero) is 1. The van der Waals surface area contributed by atoms with Gasteiger partial charge in [-0.3, -0.25) is 4.79 Å². The molecule has 0 aliphatic heterocycles. The monoisotopic (exact) mass is 202 g/mol. The Morgan fingerprint density at radius 3 is 2.60 bits per heavy atom. The van der Waals surface area contributed by atoms with Crippen LogP contribution >= 0.6 is 0 Å². The Balaban J connectivity index is 2.05. The standard InChI is InChI=1S/C13H11FO/c14-12(9-8-10-6-7-10)13(15)11-4-2-1-3-5-11/h1-5,10,12H,6-7H2. The molecule has 1 aromatic carbocycles. The van der Waals surface area contributed by atoms with Crippen LogP contribution in [0.3, 0.4) is 0 Å². The number of rotatable bonds is 2. The number of ketones is 1. The van der Waals surface area contributed by atoms with Gasteiger partial charge in [0.1, 0.15) is 0 Å². The molecular weight excluding hydrogens is 191 g/mol. The molecule has 15 heavy (non-hydrogen) atoms. The molecule has 0 saturated heterocycles. The van der Waals surface area contributed by atoms with E-state index in [1.54, 1.807) is 30.3 Å². The molecule has 2 heteroatoms. The fourth-order valence-electron chi connectivity index (χ4n) is 1.23. The predicted octanol–water partition coefficient (Wildman–Crippen LogP) is 2.62. The largest absolute Gasteiger partial charge is 0.290 e. The molecule has 0 heterocycles. The van der Waals surface area contributed by atoms with Crippen LogP contribution in [0.15, 0.2) is 30.3 Å². The summed E-state index contributed by atoms with van der Waals surface area (Å²) in [7, 11) is 0. The molecule has 1 atom stereocenters. The molecule has 0 aromatic heterocycles. The smallest absolute Gasteiger partial charge is 0.223 e. The average molecular weight is 202 g/mol. The Morgan fingerprint density at radius 1 is 1.33 bits per heavy atom. The second-order valence-corrected chi connectivity index (χ2v) is 3.66. The lowest BCUT2D eigenvalue weighted by molar-refractivity contribution is 0.0919. The maximum Gasteiger partial charge on any atom is 0.223 e. The first-order chi connectivity index (χ1) is 7.27. The number of halogens is 1. The molecular formula is C13H11FO. The molecule has 1 aliphatic carbocycles. The van der Waals surface area contributed by atoms with Gasteiger partial charge in [0.15, 0.2) is 0 Å². The summed E-state index contributed by atoms with van der Waals surface area (Å²) in [6.45, 7) is 0. The molecule has 1 nitrogen and oxygen atoms in total. The molecule has 1 saturated carbocycles. The van der Waals surface area contributed by atoms with Crippen molar-refractivity contribution in [3.05, 3.63) is 35.9 Å². The topological polar surface area (TPSA) is 17.1 Å². The van der Waals surface area contributed by atoms with Crippen molar-refractivity contribution in [3.63, 3.8) is 0 Å². The zero-order valence-electron chi connectivity index (χ0n) is 8.24. The van der Waals surface area contributed by atoms with Crippen LogP contribution in [0.5, 0.6) is 0 Å². The summed E-state index contributed by atoms with van der Waals surface area (Å²) in [5.74, 6) is 4.93. The lowest BCUT2D eigenvalue weighted by Crippen LogP contribution is -2.13. The lowest BCUT2D eigenvalue weighted by Gasteiger charge is -1.99. The van der Waals surface area contributed by atoms with E-state index in [1.807, 2.05) is 0 Å². The Hall–Kier alpha value is -1.62. The molecule has 1 fully saturated rings. The molecule has 2 rings (SSSR count). The number of alkyl halides is 1. The summed E-state index contributed by atoms with van der Waals surface area (Å²) >= 11 is 0. The maximum absolute atomic E-state index is 13.3. The predicted molar refractivity (Wildman–Crippen MR) is 56.2 cm³/mol. The van der Waals surface area contributed by atoms with Gasteiger partial charge in [0.2, 0.25) is 12.0 Å². The quantitative estimate of drug-likeness (QED) is 0.532. The van der Waals surface area contributed by atoms with E-state index in [0.29, 0.717) is 11.5 Å². The highest BCUT2D eigenvalue weighted by Gasteiger charge is 2.20. The van der Waals surface area contributed by atoms with E-state index in [2.05, 4.69) is 11.8 Å². The fourth-order valence-corrected chi connectivity index (χ4v) is 1.23. The number of hydrogen-bond acceptors (Lipinski definition) is 1. The van der Waals surface area contributed by atoms with E-state index < -0.39 is 12.0 Å². The molecule has 0 amide bonds. The molecule has 0 N–H and O–H groups in total. The van der Waals surface area contributed by atoms with Crippen LogP contribution in [0.4, 0.5) is 4.39 Å². The summed E-state index contributed by atoms with van der Waals surface area (Å²) in [6, 6.07) is 8.43. The van der Waals surface area contributed by atoms with Gasteiger partial charge in [-0.15, -0.1) is 0 Å². The molecule has 1 unspecified atom stereocenters. The molecule has 0 bridgehead atoms. The number of benzene rings is 1. The zero-order chi connectivity index (χ0) is 10.7. The van der Waals surface area contributed by atoms with Crippen molar-refractivity contribution in [2.45, 2.75) is 19.0 Å². The number of carbonyl (C=O) groups is 1. The minimum Gasteiger partial charge on any atom is -0.290 e. The van der Waals surface area contributed by atoms with Crippen LogP contribution < -0.4 is 0 Å². The van der Waals surface area contributed by atoms with Crippen molar-refractivity contribution in [1.29, 1.82) is 0 Å². The van der Waals surface area contributed by atoms with Crippen molar-refractivity contribution in [2.75, 3.05) is 0 Å². The summed E-state index contributed by atoms with van der Waals surface area (Å²) in [5.41, 5.74) is 0.384. The van der Waals surface area contributed by atoms with Gasteiger partial charge >= 0.3 is 0 Å². The third-order valence-corrected chi connectivity index (χ3v) is 2.28. The fraction of sp³-hybridized carbons (Fsp3) is 0.308. The Morgan fingerprint density at radius 2 is 2.00 bits per heavy atom. The molecule has 1 aliphatic rings. The van der Waals surface area contributed by atoms with Gasteiger partial charge in [-0.1, -0.05) is 42.2 Å². The first-order valence-corrected chi connectivity index (χ1v) is 5.02. The second kappa shape index (κ2) is 4.27. The maximum atomic E-state index is 13.3. The van der Waals surface area contributed by atoms with Crippen LogP contribution in [0.1, 0.15) is 23.2 Å². The summed E-state index contributed by atoms with van der Waals surface area (Å²) in [4.78, 5) is 11.5. The first-order valence-electron chi connectivity index (χ1n) is 5.02. The average Bonchev–Trinajstić information content (AvgIpc) is 3.10. The summed E-state index contributed by atoms with van der Waals surface area (Å²) in [6.07, 6.45) is 0.409.